The second kappa shape index (κ2) is 6.96. The van der Waals surface area contributed by atoms with Crippen molar-refractivity contribution < 1.29 is 9.72 Å². The van der Waals surface area contributed by atoms with E-state index in [1.165, 1.54) is 36.5 Å². The van der Waals surface area contributed by atoms with Crippen molar-refractivity contribution in [3.63, 3.8) is 0 Å². The molecule has 0 atom stereocenters. The van der Waals surface area contributed by atoms with Gasteiger partial charge in [-0.2, -0.15) is 0 Å². The minimum atomic E-state index is -0.518. The SMILES string of the molecule is Cc1c(C(=O)Nc2nnc(-c3ccc(Cl)cc3)s2)cccc1[N+](=O)[O-]. The van der Waals surface area contributed by atoms with Crippen LogP contribution in [0.15, 0.2) is 42.5 Å². The van der Waals surface area contributed by atoms with E-state index in [1.54, 1.807) is 24.3 Å². The number of hydrogen-bond acceptors (Lipinski definition) is 6. The molecule has 126 valence electrons. The Morgan fingerprint density at radius 1 is 1.20 bits per heavy atom. The van der Waals surface area contributed by atoms with Gasteiger partial charge in [0.1, 0.15) is 5.01 Å². The molecule has 9 heteroatoms. The van der Waals surface area contributed by atoms with Gasteiger partial charge in [-0.25, -0.2) is 0 Å². The summed E-state index contributed by atoms with van der Waals surface area (Å²) in [5, 5.41) is 23.1. The van der Waals surface area contributed by atoms with Crippen molar-refractivity contribution in [2.75, 3.05) is 5.32 Å². The molecular formula is C16H11ClN4O3S. The summed E-state index contributed by atoms with van der Waals surface area (Å²) in [6.45, 7) is 1.53. The second-order valence-corrected chi connectivity index (χ2v) is 6.49. The molecule has 0 aliphatic rings. The van der Waals surface area contributed by atoms with Gasteiger partial charge < -0.3 is 0 Å². The molecule has 1 amide bonds. The van der Waals surface area contributed by atoms with Crippen molar-refractivity contribution in [2.45, 2.75) is 6.92 Å². The van der Waals surface area contributed by atoms with Gasteiger partial charge in [-0.15, -0.1) is 10.2 Å². The molecule has 1 heterocycles. The fraction of sp³-hybridized carbons (Fsp3) is 0.0625. The van der Waals surface area contributed by atoms with E-state index in [4.69, 9.17) is 11.6 Å². The van der Waals surface area contributed by atoms with Crippen molar-refractivity contribution >= 4 is 39.7 Å². The van der Waals surface area contributed by atoms with Crippen molar-refractivity contribution in [1.82, 2.24) is 10.2 Å². The fourth-order valence-corrected chi connectivity index (χ4v) is 3.08. The molecule has 3 rings (SSSR count). The maximum Gasteiger partial charge on any atom is 0.273 e. The van der Waals surface area contributed by atoms with Crippen LogP contribution in [0.5, 0.6) is 0 Å². The van der Waals surface area contributed by atoms with Gasteiger partial charge in [0.2, 0.25) is 5.13 Å². The zero-order valence-corrected chi connectivity index (χ0v) is 14.5. The third kappa shape index (κ3) is 3.65. The number of carbonyl (C=O) groups excluding carboxylic acids is 1. The van der Waals surface area contributed by atoms with E-state index < -0.39 is 10.8 Å². The molecule has 0 radical (unpaired) electrons. The lowest BCUT2D eigenvalue weighted by molar-refractivity contribution is -0.385. The molecule has 3 aromatic rings. The predicted octanol–water partition coefficient (Wildman–Crippen LogP) is 4.33. The monoisotopic (exact) mass is 374 g/mol. The zero-order valence-electron chi connectivity index (χ0n) is 12.9. The number of hydrogen-bond donors (Lipinski definition) is 1. The Morgan fingerprint density at radius 3 is 2.60 bits per heavy atom. The minimum Gasteiger partial charge on any atom is -0.296 e. The number of nitro benzene ring substituents is 1. The first-order chi connectivity index (χ1) is 12.0. The van der Waals surface area contributed by atoms with E-state index in [1.807, 2.05) is 0 Å². The van der Waals surface area contributed by atoms with E-state index >= 15 is 0 Å². The van der Waals surface area contributed by atoms with Crippen LogP contribution >= 0.6 is 22.9 Å². The summed E-state index contributed by atoms with van der Waals surface area (Å²) >= 11 is 7.05. The van der Waals surface area contributed by atoms with Crippen LogP contribution < -0.4 is 5.32 Å². The summed E-state index contributed by atoms with van der Waals surface area (Å²) in [6.07, 6.45) is 0. The molecule has 0 aliphatic heterocycles. The highest BCUT2D eigenvalue weighted by Gasteiger charge is 2.19. The number of anilines is 1. The first-order valence-electron chi connectivity index (χ1n) is 7.10. The lowest BCUT2D eigenvalue weighted by Gasteiger charge is -2.05. The molecule has 0 unspecified atom stereocenters. The summed E-state index contributed by atoms with van der Waals surface area (Å²) in [6, 6.07) is 11.4. The first-order valence-corrected chi connectivity index (χ1v) is 8.30. The number of carbonyl (C=O) groups is 1. The highest BCUT2D eigenvalue weighted by atomic mass is 35.5. The lowest BCUT2D eigenvalue weighted by atomic mass is 10.1. The van der Waals surface area contributed by atoms with Gasteiger partial charge >= 0.3 is 0 Å². The van der Waals surface area contributed by atoms with Gasteiger partial charge in [0.25, 0.3) is 11.6 Å². The van der Waals surface area contributed by atoms with Crippen LogP contribution in [0.3, 0.4) is 0 Å². The second-order valence-electron chi connectivity index (χ2n) is 5.08. The number of amides is 1. The highest BCUT2D eigenvalue weighted by molar-refractivity contribution is 7.18. The average molecular weight is 375 g/mol. The van der Waals surface area contributed by atoms with Crippen molar-refractivity contribution in [3.05, 3.63) is 68.7 Å². The molecule has 1 N–H and O–H groups in total. The molecular weight excluding hydrogens is 364 g/mol. The average Bonchev–Trinajstić information content (AvgIpc) is 3.03. The maximum atomic E-state index is 12.4. The number of nitro groups is 1. The van der Waals surface area contributed by atoms with Crippen molar-refractivity contribution in [3.8, 4) is 10.6 Å². The quantitative estimate of drug-likeness (QED) is 0.541. The van der Waals surface area contributed by atoms with Crippen LogP contribution in [0.1, 0.15) is 15.9 Å². The molecule has 7 nitrogen and oxygen atoms in total. The number of nitrogens with zero attached hydrogens (tertiary/aromatic N) is 3. The van der Waals surface area contributed by atoms with Gasteiger partial charge in [-0.1, -0.05) is 41.1 Å². The van der Waals surface area contributed by atoms with Crippen LogP contribution in [0, 0.1) is 17.0 Å². The van der Waals surface area contributed by atoms with Crippen LogP contribution in [-0.4, -0.2) is 21.0 Å². The fourth-order valence-electron chi connectivity index (χ4n) is 2.21. The Hall–Kier alpha value is -2.84. The molecule has 0 aliphatic carbocycles. The Bertz CT molecular complexity index is 956. The molecule has 1 aromatic heterocycles. The summed E-state index contributed by atoms with van der Waals surface area (Å²) in [5.74, 6) is -0.472. The molecule has 0 saturated carbocycles. The number of aromatic nitrogens is 2. The van der Waals surface area contributed by atoms with Crippen LogP contribution in [0.25, 0.3) is 10.6 Å². The summed E-state index contributed by atoms with van der Waals surface area (Å²) in [4.78, 5) is 22.9. The maximum absolute atomic E-state index is 12.4. The highest BCUT2D eigenvalue weighted by Crippen LogP contribution is 2.28. The normalized spacial score (nSPS) is 10.5. The van der Waals surface area contributed by atoms with E-state index in [0.717, 1.165) is 5.56 Å². The van der Waals surface area contributed by atoms with E-state index in [2.05, 4.69) is 15.5 Å². The topological polar surface area (TPSA) is 98.0 Å². The van der Waals surface area contributed by atoms with Crippen LogP contribution in [0.2, 0.25) is 5.02 Å². The Labute approximate surface area is 151 Å². The molecule has 0 bridgehead atoms. The summed E-state index contributed by atoms with van der Waals surface area (Å²) in [5.41, 5.74) is 1.24. The van der Waals surface area contributed by atoms with E-state index in [0.29, 0.717) is 20.7 Å². The molecule has 0 saturated heterocycles. The lowest BCUT2D eigenvalue weighted by Crippen LogP contribution is -2.14. The Balaban J connectivity index is 1.82. The van der Waals surface area contributed by atoms with Crippen LogP contribution in [0.4, 0.5) is 10.8 Å². The number of rotatable bonds is 4. The van der Waals surface area contributed by atoms with Crippen LogP contribution in [-0.2, 0) is 0 Å². The van der Waals surface area contributed by atoms with Gasteiger partial charge in [0.05, 0.1) is 4.92 Å². The molecule has 0 spiro atoms. The van der Waals surface area contributed by atoms with Gasteiger partial charge in [0.15, 0.2) is 0 Å². The Morgan fingerprint density at radius 2 is 1.92 bits per heavy atom. The molecule has 25 heavy (non-hydrogen) atoms. The van der Waals surface area contributed by atoms with Gasteiger partial charge in [-0.05, 0) is 25.1 Å². The number of nitrogens with one attached hydrogen (secondary N) is 1. The van der Waals surface area contributed by atoms with Crippen molar-refractivity contribution in [1.29, 1.82) is 0 Å². The third-order valence-electron chi connectivity index (χ3n) is 3.48. The molecule has 0 fully saturated rings. The van der Waals surface area contributed by atoms with E-state index in [9.17, 15) is 14.9 Å². The largest absolute Gasteiger partial charge is 0.296 e. The number of benzene rings is 2. The van der Waals surface area contributed by atoms with Gasteiger partial charge in [-0.3, -0.25) is 20.2 Å². The number of halogens is 1. The van der Waals surface area contributed by atoms with E-state index in [-0.39, 0.29) is 11.3 Å². The van der Waals surface area contributed by atoms with Gasteiger partial charge in [0, 0.05) is 27.8 Å². The first kappa shape index (κ1) is 17.0. The third-order valence-corrected chi connectivity index (χ3v) is 4.62. The standard InChI is InChI=1S/C16H11ClN4O3S/c1-9-12(3-2-4-13(9)21(23)24)14(22)18-16-20-19-15(25-16)10-5-7-11(17)8-6-10/h2-8H,1H3,(H,18,20,22). The van der Waals surface area contributed by atoms with Crippen molar-refractivity contribution in [2.24, 2.45) is 0 Å². The minimum absolute atomic E-state index is 0.105. The zero-order chi connectivity index (χ0) is 18.0. The smallest absolute Gasteiger partial charge is 0.273 e. The molecule has 2 aromatic carbocycles. The summed E-state index contributed by atoms with van der Waals surface area (Å²) < 4.78 is 0. The summed E-state index contributed by atoms with van der Waals surface area (Å²) in [7, 11) is 0. The predicted molar refractivity (Wildman–Crippen MR) is 96.1 cm³/mol. The Kier molecular flexibility index (Phi) is 4.73.